The highest BCUT2D eigenvalue weighted by atomic mass is 32.1. The normalized spacial score (nSPS) is 10.1. The summed E-state index contributed by atoms with van der Waals surface area (Å²) in [5.41, 5.74) is 1.15. The second-order valence-electron chi connectivity index (χ2n) is 3.22. The number of carbonyl (C=O) groups is 2. The van der Waals surface area contributed by atoms with Crippen LogP contribution in [-0.4, -0.2) is 30.7 Å². The molecule has 0 saturated heterocycles. The summed E-state index contributed by atoms with van der Waals surface area (Å²) in [5.74, 6) is -1.27. The van der Waals surface area contributed by atoms with Crippen LogP contribution >= 0.6 is 11.3 Å². The molecule has 88 valence electrons. The number of aryl methyl sites for hydroxylation is 1. The minimum absolute atomic E-state index is 0.156. The maximum Gasteiger partial charge on any atom is 0.348 e. The van der Waals surface area contributed by atoms with Gasteiger partial charge in [0, 0.05) is 7.11 Å². The molecule has 0 spiro atoms. The van der Waals surface area contributed by atoms with Crippen molar-refractivity contribution in [2.45, 2.75) is 13.3 Å². The van der Waals surface area contributed by atoms with E-state index in [1.54, 1.807) is 12.3 Å². The summed E-state index contributed by atoms with van der Waals surface area (Å²) in [7, 11) is 1.51. The molecule has 0 fully saturated rings. The fraction of sp³-hybridized carbons (Fsp3) is 0.400. The molecule has 1 aromatic rings. The van der Waals surface area contributed by atoms with E-state index in [1.807, 2.05) is 0 Å². The summed E-state index contributed by atoms with van der Waals surface area (Å²) < 4.78 is 4.77. The standard InChI is InChI=1S/C10H13NO4S/c1-6-5-16-9(10(13)14)8(6)11-7(12)3-4-15-2/h5H,3-4H2,1-2H3,(H,11,12)(H,13,14). The molecule has 1 heterocycles. The van der Waals surface area contributed by atoms with Gasteiger partial charge in [-0.1, -0.05) is 0 Å². The molecule has 0 aliphatic rings. The fourth-order valence-corrected chi connectivity index (χ4v) is 2.00. The molecule has 6 heteroatoms. The molecule has 16 heavy (non-hydrogen) atoms. The highest BCUT2D eigenvalue weighted by Crippen LogP contribution is 2.27. The van der Waals surface area contributed by atoms with Crippen molar-refractivity contribution in [2.75, 3.05) is 19.0 Å². The molecule has 0 bridgehead atoms. The number of carboxylic acid groups (broad SMARTS) is 1. The van der Waals surface area contributed by atoms with Crippen LogP contribution < -0.4 is 5.32 Å². The lowest BCUT2D eigenvalue weighted by Crippen LogP contribution is -2.15. The molecule has 1 aromatic heterocycles. The number of carboxylic acids is 1. The summed E-state index contributed by atoms with van der Waals surface area (Å²) >= 11 is 1.10. The number of anilines is 1. The molecular weight excluding hydrogens is 230 g/mol. The van der Waals surface area contributed by atoms with Crippen LogP contribution in [0.25, 0.3) is 0 Å². The number of ether oxygens (including phenoxy) is 1. The zero-order valence-corrected chi connectivity index (χ0v) is 9.89. The molecule has 0 aliphatic carbocycles. The zero-order valence-electron chi connectivity index (χ0n) is 9.07. The minimum Gasteiger partial charge on any atom is -0.477 e. The van der Waals surface area contributed by atoms with Crippen molar-refractivity contribution in [1.29, 1.82) is 0 Å². The van der Waals surface area contributed by atoms with E-state index in [-0.39, 0.29) is 17.2 Å². The van der Waals surface area contributed by atoms with Gasteiger partial charge in [0.15, 0.2) is 0 Å². The van der Waals surface area contributed by atoms with Gasteiger partial charge in [0.1, 0.15) is 4.88 Å². The molecule has 1 amide bonds. The lowest BCUT2D eigenvalue weighted by molar-refractivity contribution is -0.117. The maximum atomic E-state index is 11.4. The Balaban J connectivity index is 2.76. The van der Waals surface area contributed by atoms with Crippen molar-refractivity contribution in [1.82, 2.24) is 0 Å². The zero-order chi connectivity index (χ0) is 12.1. The smallest absolute Gasteiger partial charge is 0.348 e. The van der Waals surface area contributed by atoms with E-state index in [4.69, 9.17) is 9.84 Å². The number of thiophene rings is 1. The van der Waals surface area contributed by atoms with Gasteiger partial charge in [-0.2, -0.15) is 0 Å². The Kier molecular flexibility index (Phi) is 4.45. The Labute approximate surface area is 97.0 Å². The van der Waals surface area contributed by atoms with Crippen molar-refractivity contribution in [3.8, 4) is 0 Å². The third-order valence-electron chi connectivity index (χ3n) is 1.97. The van der Waals surface area contributed by atoms with Gasteiger partial charge in [0.05, 0.1) is 18.7 Å². The van der Waals surface area contributed by atoms with Crippen LogP contribution in [0.1, 0.15) is 21.7 Å². The Hall–Kier alpha value is -1.40. The van der Waals surface area contributed by atoms with Crippen LogP contribution in [0.15, 0.2) is 5.38 Å². The molecule has 0 aromatic carbocycles. The van der Waals surface area contributed by atoms with Crippen molar-refractivity contribution < 1.29 is 19.4 Å². The van der Waals surface area contributed by atoms with Gasteiger partial charge < -0.3 is 15.2 Å². The lowest BCUT2D eigenvalue weighted by Gasteiger charge is -2.05. The highest BCUT2D eigenvalue weighted by Gasteiger charge is 2.16. The first-order chi connectivity index (χ1) is 7.56. The second kappa shape index (κ2) is 5.62. The van der Waals surface area contributed by atoms with Crippen LogP contribution in [0.5, 0.6) is 0 Å². The van der Waals surface area contributed by atoms with Gasteiger partial charge in [-0.25, -0.2) is 4.79 Å². The first-order valence-corrected chi connectivity index (χ1v) is 5.54. The van der Waals surface area contributed by atoms with Gasteiger partial charge >= 0.3 is 5.97 Å². The second-order valence-corrected chi connectivity index (χ2v) is 4.10. The number of amides is 1. The molecule has 5 nitrogen and oxygen atoms in total. The Morgan fingerprint density at radius 1 is 1.56 bits per heavy atom. The van der Waals surface area contributed by atoms with E-state index in [2.05, 4.69) is 5.32 Å². The summed E-state index contributed by atoms with van der Waals surface area (Å²) in [6.07, 6.45) is 0.213. The van der Waals surface area contributed by atoms with Crippen molar-refractivity contribution in [3.05, 3.63) is 15.8 Å². The van der Waals surface area contributed by atoms with Gasteiger partial charge in [0.25, 0.3) is 0 Å². The van der Waals surface area contributed by atoms with Crippen LogP contribution in [0.4, 0.5) is 5.69 Å². The molecule has 0 saturated carbocycles. The predicted molar refractivity (Wildman–Crippen MR) is 61.1 cm³/mol. The van der Waals surface area contributed by atoms with Crippen LogP contribution in [-0.2, 0) is 9.53 Å². The van der Waals surface area contributed by atoms with Gasteiger partial charge in [-0.05, 0) is 17.9 Å². The van der Waals surface area contributed by atoms with Crippen molar-refractivity contribution >= 4 is 28.9 Å². The summed E-state index contributed by atoms with van der Waals surface area (Å²) in [5, 5.41) is 13.2. The van der Waals surface area contributed by atoms with Gasteiger partial charge in [0.2, 0.25) is 5.91 Å². The molecular formula is C10H13NO4S. The SMILES string of the molecule is COCCC(=O)Nc1c(C)csc1C(=O)O. The number of nitrogens with one attached hydrogen (secondary N) is 1. The van der Waals surface area contributed by atoms with E-state index >= 15 is 0 Å². The third-order valence-corrected chi connectivity index (χ3v) is 3.05. The average molecular weight is 243 g/mol. The Morgan fingerprint density at radius 2 is 2.25 bits per heavy atom. The number of carbonyl (C=O) groups excluding carboxylic acids is 1. The van der Waals surface area contributed by atoms with Crippen LogP contribution in [0, 0.1) is 6.92 Å². The predicted octanol–water partition coefficient (Wildman–Crippen LogP) is 1.73. The topological polar surface area (TPSA) is 75.6 Å². The van der Waals surface area contributed by atoms with E-state index < -0.39 is 5.97 Å². The summed E-state index contributed by atoms with van der Waals surface area (Å²) in [6.45, 7) is 2.08. The Morgan fingerprint density at radius 3 is 2.81 bits per heavy atom. The number of hydrogen-bond acceptors (Lipinski definition) is 4. The quantitative estimate of drug-likeness (QED) is 0.825. The van der Waals surface area contributed by atoms with Crippen LogP contribution in [0.2, 0.25) is 0 Å². The van der Waals surface area contributed by atoms with E-state index in [0.717, 1.165) is 16.9 Å². The van der Waals surface area contributed by atoms with E-state index in [9.17, 15) is 9.59 Å². The van der Waals surface area contributed by atoms with E-state index in [1.165, 1.54) is 7.11 Å². The lowest BCUT2D eigenvalue weighted by atomic mass is 10.2. The molecule has 0 radical (unpaired) electrons. The number of hydrogen-bond donors (Lipinski definition) is 2. The van der Waals surface area contributed by atoms with Crippen LogP contribution in [0.3, 0.4) is 0 Å². The van der Waals surface area contributed by atoms with E-state index in [0.29, 0.717) is 12.3 Å². The molecule has 2 N–H and O–H groups in total. The summed E-state index contributed by atoms with van der Waals surface area (Å²) in [4.78, 5) is 22.4. The minimum atomic E-state index is -1.03. The first-order valence-electron chi connectivity index (χ1n) is 4.66. The first kappa shape index (κ1) is 12.7. The molecule has 1 rings (SSSR count). The number of methoxy groups -OCH3 is 1. The summed E-state index contributed by atoms with van der Waals surface area (Å²) in [6, 6.07) is 0. The third kappa shape index (κ3) is 3.04. The molecule has 0 aliphatic heterocycles. The number of rotatable bonds is 5. The fourth-order valence-electron chi connectivity index (χ4n) is 1.15. The van der Waals surface area contributed by atoms with Crippen molar-refractivity contribution in [2.24, 2.45) is 0 Å². The largest absolute Gasteiger partial charge is 0.477 e. The number of aromatic carboxylic acids is 1. The van der Waals surface area contributed by atoms with Gasteiger partial charge in [-0.3, -0.25) is 4.79 Å². The highest BCUT2D eigenvalue weighted by molar-refractivity contribution is 7.12. The Bertz CT molecular complexity index is 400. The van der Waals surface area contributed by atoms with Gasteiger partial charge in [-0.15, -0.1) is 11.3 Å². The maximum absolute atomic E-state index is 11.4. The molecule has 0 atom stereocenters. The average Bonchev–Trinajstić information content (AvgIpc) is 2.58. The van der Waals surface area contributed by atoms with Crippen molar-refractivity contribution in [3.63, 3.8) is 0 Å². The molecule has 0 unspecified atom stereocenters. The monoisotopic (exact) mass is 243 g/mol.